The molecule has 0 N–H and O–H groups in total. The molecule has 2 aromatic carbocycles. The Hall–Kier alpha value is -2.80. The first-order valence-corrected chi connectivity index (χ1v) is 15.2. The minimum absolute atomic E-state index is 0.410. The van der Waals surface area contributed by atoms with Gasteiger partial charge in [-0.1, -0.05) is 89.8 Å². The predicted octanol–water partition coefficient (Wildman–Crippen LogP) is 9.15. The fourth-order valence-corrected chi connectivity index (χ4v) is 4.78. The van der Waals surface area contributed by atoms with Crippen molar-refractivity contribution < 1.29 is 18.7 Å². The highest BCUT2D eigenvalue weighted by Crippen LogP contribution is 2.26. The van der Waals surface area contributed by atoms with Gasteiger partial charge in [0.2, 0.25) is 5.89 Å². The maximum absolute atomic E-state index is 12.6. The number of hydrogen-bond donors (Lipinski definition) is 0. The van der Waals surface area contributed by atoms with E-state index in [9.17, 15) is 4.79 Å². The van der Waals surface area contributed by atoms with E-state index in [1.165, 1.54) is 64.2 Å². The maximum atomic E-state index is 12.6. The molecule has 0 saturated carbocycles. The summed E-state index contributed by atoms with van der Waals surface area (Å²) >= 11 is 1.59. The number of aromatic nitrogens is 2. The Bertz CT molecular complexity index is 1050. The maximum Gasteiger partial charge on any atom is 0.343 e. The zero-order valence-corrected chi connectivity index (χ0v) is 23.8. The number of rotatable bonds is 19. The van der Waals surface area contributed by atoms with Gasteiger partial charge in [0.15, 0.2) is 0 Å². The number of carbonyl (C=O) groups excluding carboxylic acids is 1. The van der Waals surface area contributed by atoms with Gasteiger partial charge < -0.3 is 13.9 Å². The Morgan fingerprint density at radius 3 is 2.03 bits per heavy atom. The van der Waals surface area contributed by atoms with Crippen LogP contribution in [0.4, 0.5) is 0 Å². The van der Waals surface area contributed by atoms with Crippen molar-refractivity contribution in [1.29, 1.82) is 0 Å². The summed E-state index contributed by atoms with van der Waals surface area (Å²) in [6.45, 7) is 5.15. The van der Waals surface area contributed by atoms with E-state index in [0.717, 1.165) is 29.9 Å². The molecule has 38 heavy (non-hydrogen) atoms. The Labute approximate surface area is 231 Å². The second kappa shape index (κ2) is 17.7. The molecule has 0 bridgehead atoms. The lowest BCUT2D eigenvalue weighted by molar-refractivity contribution is 0.0734. The molecule has 6 nitrogen and oxygen atoms in total. The summed E-state index contributed by atoms with van der Waals surface area (Å²) < 4.78 is 17.1. The summed E-state index contributed by atoms with van der Waals surface area (Å²) in [4.78, 5) is 12.6. The molecule has 1 heterocycles. The molecule has 0 aliphatic carbocycles. The molecule has 0 aliphatic rings. The third kappa shape index (κ3) is 10.9. The zero-order valence-electron chi connectivity index (χ0n) is 23.0. The first kappa shape index (κ1) is 29.8. The monoisotopic (exact) mass is 538 g/mol. The van der Waals surface area contributed by atoms with Crippen molar-refractivity contribution in [1.82, 2.24) is 10.2 Å². The van der Waals surface area contributed by atoms with Crippen molar-refractivity contribution in [3.05, 3.63) is 54.1 Å². The number of benzene rings is 2. The summed E-state index contributed by atoms with van der Waals surface area (Å²) in [6.07, 6.45) is 15.0. The lowest BCUT2D eigenvalue weighted by atomic mass is 10.1. The third-order valence-corrected chi connectivity index (χ3v) is 7.20. The topological polar surface area (TPSA) is 74.5 Å². The van der Waals surface area contributed by atoms with Gasteiger partial charge in [-0.2, -0.15) is 0 Å². The molecule has 0 atom stereocenters. The number of hydrogen-bond acceptors (Lipinski definition) is 7. The average molecular weight is 539 g/mol. The van der Waals surface area contributed by atoms with E-state index in [0.29, 0.717) is 29.0 Å². The van der Waals surface area contributed by atoms with Crippen molar-refractivity contribution in [2.24, 2.45) is 0 Å². The van der Waals surface area contributed by atoms with Crippen LogP contribution in [-0.2, 0) is 0 Å². The highest BCUT2D eigenvalue weighted by molar-refractivity contribution is 7.99. The van der Waals surface area contributed by atoms with E-state index >= 15 is 0 Å². The van der Waals surface area contributed by atoms with E-state index < -0.39 is 5.97 Å². The van der Waals surface area contributed by atoms with Crippen LogP contribution in [0.5, 0.6) is 11.5 Å². The number of esters is 1. The molecule has 0 saturated heterocycles. The number of ether oxygens (including phenoxy) is 2. The molecule has 3 rings (SSSR count). The molecule has 1 aromatic heterocycles. The lowest BCUT2D eigenvalue weighted by Gasteiger charge is -2.08. The highest BCUT2D eigenvalue weighted by Gasteiger charge is 2.12. The van der Waals surface area contributed by atoms with Crippen LogP contribution in [0.25, 0.3) is 11.5 Å². The normalized spacial score (nSPS) is 11.0. The smallest absolute Gasteiger partial charge is 0.343 e. The van der Waals surface area contributed by atoms with E-state index in [1.807, 2.05) is 24.3 Å². The van der Waals surface area contributed by atoms with Gasteiger partial charge in [-0.15, -0.1) is 10.2 Å². The summed E-state index contributed by atoms with van der Waals surface area (Å²) in [7, 11) is 0. The van der Waals surface area contributed by atoms with Crippen LogP contribution in [0, 0.1) is 0 Å². The second-order valence-electron chi connectivity index (χ2n) is 9.54. The van der Waals surface area contributed by atoms with Crippen LogP contribution < -0.4 is 9.47 Å². The largest absolute Gasteiger partial charge is 0.494 e. The van der Waals surface area contributed by atoms with Crippen molar-refractivity contribution >= 4 is 17.7 Å². The van der Waals surface area contributed by atoms with Crippen LogP contribution in [0.15, 0.2) is 58.2 Å². The first-order chi connectivity index (χ1) is 18.7. The van der Waals surface area contributed by atoms with Gasteiger partial charge in [0.25, 0.3) is 5.22 Å². The van der Waals surface area contributed by atoms with Crippen molar-refractivity contribution in [3.63, 3.8) is 0 Å². The summed E-state index contributed by atoms with van der Waals surface area (Å²) in [5, 5.41) is 8.84. The van der Waals surface area contributed by atoms with Crippen LogP contribution in [-0.4, -0.2) is 28.5 Å². The average Bonchev–Trinajstić information content (AvgIpc) is 3.42. The van der Waals surface area contributed by atoms with E-state index in [4.69, 9.17) is 13.9 Å². The number of thioether (sulfide) groups is 1. The van der Waals surface area contributed by atoms with Gasteiger partial charge in [0.05, 0.1) is 12.2 Å². The predicted molar refractivity (Wildman–Crippen MR) is 154 cm³/mol. The van der Waals surface area contributed by atoms with Crippen LogP contribution in [0.3, 0.4) is 0 Å². The molecule has 0 aliphatic heterocycles. The fourth-order valence-electron chi connectivity index (χ4n) is 4.02. The number of carbonyl (C=O) groups is 1. The van der Waals surface area contributed by atoms with Crippen molar-refractivity contribution in [2.75, 3.05) is 12.4 Å². The molecule has 7 heteroatoms. The van der Waals surface area contributed by atoms with Crippen LogP contribution in [0.1, 0.15) is 101 Å². The van der Waals surface area contributed by atoms with Gasteiger partial charge in [-0.05, 0) is 61.4 Å². The molecule has 0 fully saturated rings. The molecular formula is C31H42N2O4S. The Kier molecular flexibility index (Phi) is 13.8. The molecule has 3 aromatic rings. The molecule has 0 spiro atoms. The van der Waals surface area contributed by atoms with Crippen LogP contribution >= 0.6 is 11.8 Å². The summed E-state index contributed by atoms with van der Waals surface area (Å²) in [5.41, 5.74) is 1.26. The highest BCUT2D eigenvalue weighted by atomic mass is 32.2. The molecule has 0 radical (unpaired) electrons. The van der Waals surface area contributed by atoms with Gasteiger partial charge in [-0.25, -0.2) is 4.79 Å². The molecule has 0 unspecified atom stereocenters. The van der Waals surface area contributed by atoms with Crippen molar-refractivity contribution in [2.45, 2.75) is 96.1 Å². The molecule has 206 valence electrons. The quantitative estimate of drug-likeness (QED) is 0.0652. The number of nitrogens with zero attached hydrogens (tertiary/aromatic N) is 2. The third-order valence-electron chi connectivity index (χ3n) is 6.30. The minimum Gasteiger partial charge on any atom is -0.494 e. The van der Waals surface area contributed by atoms with Crippen molar-refractivity contribution in [3.8, 4) is 23.0 Å². The van der Waals surface area contributed by atoms with E-state index in [1.54, 1.807) is 36.0 Å². The Morgan fingerprint density at radius 2 is 1.34 bits per heavy atom. The fraction of sp³-hybridized carbons (Fsp3) is 0.516. The minimum atomic E-state index is -0.410. The van der Waals surface area contributed by atoms with Crippen LogP contribution in [0.2, 0.25) is 0 Å². The standard InChI is InChI=1S/C31H42N2O4S/c1-3-5-7-9-10-11-12-13-23-35-27-19-17-26(18-20-27)30(34)36-28-21-15-25(16-22-28)29-32-33-31(37-29)38-24-14-8-6-4-2/h15-22H,3-14,23-24H2,1-2H3. The van der Waals surface area contributed by atoms with Gasteiger partial charge in [0, 0.05) is 11.3 Å². The van der Waals surface area contributed by atoms with Gasteiger partial charge in [-0.3, -0.25) is 0 Å². The Balaban J connectivity index is 1.37. The lowest BCUT2D eigenvalue weighted by Crippen LogP contribution is -2.08. The summed E-state index contributed by atoms with van der Waals surface area (Å²) in [5.74, 6) is 2.25. The second-order valence-corrected chi connectivity index (χ2v) is 10.6. The first-order valence-electron chi connectivity index (χ1n) is 14.2. The molecular weight excluding hydrogens is 496 g/mol. The van der Waals surface area contributed by atoms with Gasteiger partial charge >= 0.3 is 5.97 Å². The van der Waals surface area contributed by atoms with E-state index in [2.05, 4.69) is 24.0 Å². The summed E-state index contributed by atoms with van der Waals surface area (Å²) in [6, 6.07) is 14.2. The zero-order chi connectivity index (χ0) is 26.8. The van der Waals surface area contributed by atoms with Gasteiger partial charge in [0.1, 0.15) is 11.5 Å². The SMILES string of the molecule is CCCCCCCCCCOc1ccc(C(=O)Oc2ccc(-c3nnc(SCCCCCC)o3)cc2)cc1. The van der Waals surface area contributed by atoms with E-state index in [-0.39, 0.29) is 0 Å². The number of unbranched alkanes of at least 4 members (excludes halogenated alkanes) is 10. The Morgan fingerprint density at radius 1 is 0.737 bits per heavy atom. The molecule has 0 amide bonds.